The van der Waals surface area contributed by atoms with E-state index in [1.807, 2.05) is 36.7 Å². The maximum atomic E-state index is 5.57. The van der Waals surface area contributed by atoms with Crippen LogP contribution in [0, 0.1) is 13.8 Å². The molecule has 0 amide bonds. The summed E-state index contributed by atoms with van der Waals surface area (Å²) < 4.78 is 2.84. The van der Waals surface area contributed by atoms with Crippen LogP contribution in [0.3, 0.4) is 0 Å². The first-order chi connectivity index (χ1) is 7.63. The van der Waals surface area contributed by atoms with Crippen LogP contribution in [0.15, 0.2) is 22.7 Å². The van der Waals surface area contributed by atoms with Gasteiger partial charge >= 0.3 is 0 Å². The molecule has 0 aliphatic heterocycles. The number of nitrogens with zero attached hydrogens (tertiary/aromatic N) is 3. The van der Waals surface area contributed by atoms with Gasteiger partial charge in [-0.15, -0.1) is 0 Å². The summed E-state index contributed by atoms with van der Waals surface area (Å²) in [5.74, 6) is 0.800. The smallest absolute Gasteiger partial charge is 0.153 e. The molecule has 0 radical (unpaired) electrons. The molecular formula is C11H13BrN4. The van der Waals surface area contributed by atoms with Crippen molar-refractivity contribution >= 4 is 15.9 Å². The zero-order chi connectivity index (χ0) is 11.7. The Morgan fingerprint density at radius 2 is 2.12 bits per heavy atom. The van der Waals surface area contributed by atoms with E-state index in [-0.39, 0.29) is 0 Å². The lowest BCUT2D eigenvalue weighted by Gasteiger charge is -2.04. The van der Waals surface area contributed by atoms with Crippen molar-refractivity contribution in [2.45, 2.75) is 20.4 Å². The number of pyridine rings is 1. The summed E-state index contributed by atoms with van der Waals surface area (Å²) in [7, 11) is 0. The Bertz CT molecular complexity index is 519. The first-order valence-corrected chi connectivity index (χ1v) is 5.81. The van der Waals surface area contributed by atoms with Gasteiger partial charge in [-0.05, 0) is 41.9 Å². The Hall–Kier alpha value is -1.20. The standard InChI is InChI=1S/C11H13BrN4/c1-7-11(12)8(2)16(15-7)10-5-3-4-9(6-13)14-10/h3-5H,6,13H2,1-2H3. The second-order valence-electron chi connectivity index (χ2n) is 3.59. The molecule has 0 aromatic carbocycles. The molecular weight excluding hydrogens is 268 g/mol. The first-order valence-electron chi connectivity index (χ1n) is 5.01. The Kier molecular flexibility index (Phi) is 3.07. The van der Waals surface area contributed by atoms with Gasteiger partial charge in [-0.25, -0.2) is 9.67 Å². The highest BCUT2D eigenvalue weighted by Crippen LogP contribution is 2.22. The van der Waals surface area contributed by atoms with Gasteiger partial charge in [-0.3, -0.25) is 0 Å². The number of hydrogen-bond donors (Lipinski definition) is 1. The van der Waals surface area contributed by atoms with Gasteiger partial charge in [0.2, 0.25) is 0 Å². The minimum absolute atomic E-state index is 0.439. The van der Waals surface area contributed by atoms with Crippen LogP contribution >= 0.6 is 15.9 Å². The van der Waals surface area contributed by atoms with E-state index < -0.39 is 0 Å². The van der Waals surface area contributed by atoms with Crippen molar-refractivity contribution in [2.24, 2.45) is 5.73 Å². The monoisotopic (exact) mass is 280 g/mol. The average Bonchev–Trinajstić information content (AvgIpc) is 2.57. The van der Waals surface area contributed by atoms with Crippen molar-refractivity contribution in [1.82, 2.24) is 14.8 Å². The molecule has 0 saturated heterocycles. The van der Waals surface area contributed by atoms with Crippen molar-refractivity contribution in [3.05, 3.63) is 39.8 Å². The summed E-state index contributed by atoms with van der Waals surface area (Å²) in [5, 5.41) is 4.42. The fourth-order valence-electron chi connectivity index (χ4n) is 1.55. The minimum Gasteiger partial charge on any atom is -0.325 e. The van der Waals surface area contributed by atoms with E-state index in [0.29, 0.717) is 6.54 Å². The lowest BCUT2D eigenvalue weighted by Crippen LogP contribution is -2.06. The summed E-state index contributed by atoms with van der Waals surface area (Å²) in [5.41, 5.74) is 8.43. The molecule has 2 aromatic rings. The van der Waals surface area contributed by atoms with Crippen LogP contribution in [0.2, 0.25) is 0 Å². The Morgan fingerprint density at radius 1 is 1.38 bits per heavy atom. The largest absolute Gasteiger partial charge is 0.325 e. The van der Waals surface area contributed by atoms with E-state index >= 15 is 0 Å². The average molecular weight is 281 g/mol. The number of aryl methyl sites for hydroxylation is 1. The molecule has 0 atom stereocenters. The second-order valence-corrected chi connectivity index (χ2v) is 4.38. The van der Waals surface area contributed by atoms with E-state index in [1.165, 1.54) is 0 Å². The fourth-order valence-corrected chi connectivity index (χ4v) is 1.79. The Morgan fingerprint density at radius 3 is 2.69 bits per heavy atom. The number of nitrogens with two attached hydrogens (primary N) is 1. The molecule has 2 N–H and O–H groups in total. The highest BCUT2D eigenvalue weighted by atomic mass is 79.9. The van der Waals surface area contributed by atoms with Crippen LogP contribution in [-0.2, 0) is 6.54 Å². The van der Waals surface area contributed by atoms with Crippen LogP contribution in [0.25, 0.3) is 5.82 Å². The normalized spacial score (nSPS) is 10.8. The van der Waals surface area contributed by atoms with Crippen LogP contribution in [0.4, 0.5) is 0 Å². The summed E-state index contributed by atoms with van der Waals surface area (Å²) in [6, 6.07) is 5.77. The van der Waals surface area contributed by atoms with E-state index in [4.69, 9.17) is 5.73 Å². The van der Waals surface area contributed by atoms with Crippen molar-refractivity contribution in [3.8, 4) is 5.82 Å². The number of aromatic nitrogens is 3. The molecule has 4 nitrogen and oxygen atoms in total. The van der Waals surface area contributed by atoms with Gasteiger partial charge in [0.05, 0.1) is 21.6 Å². The van der Waals surface area contributed by atoms with Gasteiger partial charge in [-0.2, -0.15) is 5.10 Å². The zero-order valence-corrected chi connectivity index (χ0v) is 10.8. The third-order valence-electron chi connectivity index (χ3n) is 2.42. The highest BCUT2D eigenvalue weighted by Gasteiger charge is 2.10. The maximum Gasteiger partial charge on any atom is 0.153 e. The number of rotatable bonds is 2. The third kappa shape index (κ3) is 1.88. The van der Waals surface area contributed by atoms with E-state index in [1.54, 1.807) is 0 Å². The fraction of sp³-hybridized carbons (Fsp3) is 0.273. The van der Waals surface area contributed by atoms with Crippen LogP contribution in [0.5, 0.6) is 0 Å². The first kappa shape index (κ1) is 11.3. The van der Waals surface area contributed by atoms with Gasteiger partial charge < -0.3 is 5.73 Å². The summed E-state index contributed by atoms with van der Waals surface area (Å²) in [6.45, 7) is 4.40. The molecule has 0 spiro atoms. The van der Waals surface area contributed by atoms with Crippen LogP contribution in [0.1, 0.15) is 17.1 Å². The Balaban J connectivity index is 2.54. The summed E-state index contributed by atoms with van der Waals surface area (Å²) in [6.07, 6.45) is 0. The number of halogens is 1. The van der Waals surface area contributed by atoms with Gasteiger partial charge in [0.1, 0.15) is 0 Å². The number of hydrogen-bond acceptors (Lipinski definition) is 3. The van der Waals surface area contributed by atoms with E-state index in [2.05, 4.69) is 26.0 Å². The van der Waals surface area contributed by atoms with Gasteiger partial charge in [0, 0.05) is 6.54 Å². The van der Waals surface area contributed by atoms with E-state index in [9.17, 15) is 0 Å². The topological polar surface area (TPSA) is 56.7 Å². The molecule has 2 heterocycles. The summed E-state index contributed by atoms with van der Waals surface area (Å²) >= 11 is 3.50. The van der Waals surface area contributed by atoms with Crippen molar-refractivity contribution < 1.29 is 0 Å². The van der Waals surface area contributed by atoms with E-state index in [0.717, 1.165) is 27.4 Å². The highest BCUT2D eigenvalue weighted by molar-refractivity contribution is 9.10. The molecule has 0 aliphatic rings. The Labute approximate surface area is 103 Å². The molecule has 5 heteroatoms. The molecule has 0 saturated carbocycles. The van der Waals surface area contributed by atoms with Crippen LogP contribution < -0.4 is 5.73 Å². The third-order valence-corrected chi connectivity index (χ3v) is 3.57. The summed E-state index contributed by atoms with van der Waals surface area (Å²) in [4.78, 5) is 4.43. The molecule has 0 fully saturated rings. The quantitative estimate of drug-likeness (QED) is 0.917. The molecule has 0 unspecified atom stereocenters. The van der Waals surface area contributed by atoms with Crippen LogP contribution in [-0.4, -0.2) is 14.8 Å². The molecule has 0 aliphatic carbocycles. The minimum atomic E-state index is 0.439. The lowest BCUT2D eigenvalue weighted by atomic mass is 10.3. The van der Waals surface area contributed by atoms with Gasteiger partial charge in [-0.1, -0.05) is 6.07 Å². The predicted molar refractivity (Wildman–Crippen MR) is 66.4 cm³/mol. The van der Waals surface area contributed by atoms with Crippen molar-refractivity contribution in [3.63, 3.8) is 0 Å². The van der Waals surface area contributed by atoms with Crippen molar-refractivity contribution in [2.75, 3.05) is 0 Å². The SMILES string of the molecule is Cc1nn(-c2cccc(CN)n2)c(C)c1Br. The molecule has 16 heavy (non-hydrogen) atoms. The predicted octanol–water partition coefficient (Wildman–Crippen LogP) is 2.11. The maximum absolute atomic E-state index is 5.57. The molecule has 0 bridgehead atoms. The molecule has 2 rings (SSSR count). The van der Waals surface area contributed by atoms with Crippen molar-refractivity contribution in [1.29, 1.82) is 0 Å². The van der Waals surface area contributed by atoms with Gasteiger partial charge in [0.25, 0.3) is 0 Å². The lowest BCUT2D eigenvalue weighted by molar-refractivity contribution is 0.794. The molecule has 2 aromatic heterocycles. The molecule has 84 valence electrons. The second kappa shape index (κ2) is 4.35. The van der Waals surface area contributed by atoms with Gasteiger partial charge in [0.15, 0.2) is 5.82 Å². The zero-order valence-electron chi connectivity index (χ0n) is 9.24.